The van der Waals surface area contributed by atoms with E-state index >= 15 is 0 Å². The molecule has 0 bridgehead atoms. The van der Waals surface area contributed by atoms with Crippen LogP contribution in [0.1, 0.15) is 78.1 Å². The number of nitrogens with zero attached hydrogens (tertiary/aromatic N) is 2. The van der Waals surface area contributed by atoms with Gasteiger partial charge in [0, 0.05) is 5.56 Å². The van der Waals surface area contributed by atoms with Gasteiger partial charge in [-0.3, -0.25) is 5.10 Å². The SMILES string of the molecule is CCC(O)CCCCC[C@H](NC(=O)OC(C)(C)C)c1nc(-c2ccc3ccccc3c2)n[nH]1. The van der Waals surface area contributed by atoms with Gasteiger partial charge in [0.15, 0.2) is 5.82 Å². The van der Waals surface area contributed by atoms with E-state index in [-0.39, 0.29) is 12.1 Å². The van der Waals surface area contributed by atoms with Crippen LogP contribution in [-0.4, -0.2) is 38.1 Å². The largest absolute Gasteiger partial charge is 0.444 e. The van der Waals surface area contributed by atoms with E-state index in [9.17, 15) is 9.90 Å². The number of ether oxygens (including phenoxy) is 1. The average Bonchev–Trinajstić information content (AvgIpc) is 3.26. The Bertz CT molecular complexity index is 1040. The maximum absolute atomic E-state index is 12.5. The number of H-pyrrole nitrogens is 1. The van der Waals surface area contributed by atoms with Crippen LogP contribution in [0.5, 0.6) is 0 Å². The van der Waals surface area contributed by atoms with E-state index in [0.29, 0.717) is 18.1 Å². The Morgan fingerprint density at radius 3 is 2.55 bits per heavy atom. The number of hydrogen-bond acceptors (Lipinski definition) is 5. The third-order valence-electron chi connectivity index (χ3n) is 5.53. The van der Waals surface area contributed by atoms with Gasteiger partial charge in [-0.25, -0.2) is 9.78 Å². The Hall–Kier alpha value is -2.93. The van der Waals surface area contributed by atoms with Gasteiger partial charge in [-0.05, 0) is 56.9 Å². The molecular weight excluding hydrogens is 416 g/mol. The number of benzene rings is 2. The highest BCUT2D eigenvalue weighted by Gasteiger charge is 2.23. The second-order valence-corrected chi connectivity index (χ2v) is 9.51. The number of fused-ring (bicyclic) bond motifs is 1. The fourth-order valence-electron chi connectivity index (χ4n) is 3.72. The number of aromatic amines is 1. The highest BCUT2D eigenvalue weighted by atomic mass is 16.6. The number of aliphatic hydroxyl groups excluding tert-OH is 1. The molecule has 0 fully saturated rings. The van der Waals surface area contributed by atoms with Gasteiger partial charge >= 0.3 is 6.09 Å². The molecule has 3 rings (SSSR count). The summed E-state index contributed by atoms with van der Waals surface area (Å²) in [4.78, 5) is 17.2. The van der Waals surface area contributed by atoms with Crippen LogP contribution in [-0.2, 0) is 4.74 Å². The number of carbonyl (C=O) groups is 1. The summed E-state index contributed by atoms with van der Waals surface area (Å²) in [7, 11) is 0. The fraction of sp³-hybridized carbons (Fsp3) is 0.500. The topological polar surface area (TPSA) is 100 Å². The average molecular weight is 453 g/mol. The number of amides is 1. The Morgan fingerprint density at radius 2 is 1.82 bits per heavy atom. The Labute approximate surface area is 196 Å². The van der Waals surface area contributed by atoms with Crippen molar-refractivity contribution >= 4 is 16.9 Å². The summed E-state index contributed by atoms with van der Waals surface area (Å²) in [6, 6.07) is 14.0. The lowest BCUT2D eigenvalue weighted by atomic mass is 10.0. The number of aliphatic hydroxyl groups is 1. The van der Waals surface area contributed by atoms with Crippen LogP contribution >= 0.6 is 0 Å². The van der Waals surface area contributed by atoms with Crippen LogP contribution in [0, 0.1) is 0 Å². The molecule has 0 saturated carbocycles. The molecule has 178 valence electrons. The third-order valence-corrected chi connectivity index (χ3v) is 5.53. The van der Waals surface area contributed by atoms with E-state index in [0.717, 1.165) is 48.4 Å². The zero-order valence-electron chi connectivity index (χ0n) is 20.1. The third kappa shape index (κ3) is 7.56. The summed E-state index contributed by atoms with van der Waals surface area (Å²) in [6.45, 7) is 7.51. The van der Waals surface area contributed by atoms with Crippen molar-refractivity contribution in [3.8, 4) is 11.4 Å². The minimum Gasteiger partial charge on any atom is -0.444 e. The van der Waals surface area contributed by atoms with Crippen LogP contribution in [0.4, 0.5) is 4.79 Å². The normalized spacial score (nSPS) is 13.6. The Balaban J connectivity index is 1.71. The molecule has 33 heavy (non-hydrogen) atoms. The first-order valence-corrected chi connectivity index (χ1v) is 11.8. The van der Waals surface area contributed by atoms with E-state index in [1.807, 2.05) is 45.9 Å². The lowest BCUT2D eigenvalue weighted by Gasteiger charge is -2.22. The molecule has 1 heterocycles. The molecule has 0 spiro atoms. The molecule has 1 unspecified atom stereocenters. The van der Waals surface area contributed by atoms with Gasteiger partial charge in [0.1, 0.15) is 11.4 Å². The van der Waals surface area contributed by atoms with Crippen molar-refractivity contribution in [1.82, 2.24) is 20.5 Å². The summed E-state index contributed by atoms with van der Waals surface area (Å²) < 4.78 is 5.46. The quantitative estimate of drug-likeness (QED) is 0.332. The van der Waals surface area contributed by atoms with Crippen molar-refractivity contribution in [2.45, 2.75) is 84.0 Å². The highest BCUT2D eigenvalue weighted by molar-refractivity contribution is 5.86. The molecule has 2 atom stereocenters. The van der Waals surface area contributed by atoms with Crippen LogP contribution in [0.25, 0.3) is 22.2 Å². The summed E-state index contributed by atoms with van der Waals surface area (Å²) in [6.07, 6.45) is 4.38. The van der Waals surface area contributed by atoms with Gasteiger partial charge < -0.3 is 15.2 Å². The Kier molecular flexibility index (Phi) is 8.44. The monoisotopic (exact) mass is 452 g/mol. The first-order valence-electron chi connectivity index (χ1n) is 11.8. The first kappa shape index (κ1) is 24.7. The van der Waals surface area contributed by atoms with Crippen LogP contribution in [0.2, 0.25) is 0 Å². The molecule has 2 aromatic carbocycles. The molecule has 1 aromatic heterocycles. The molecular formula is C26H36N4O3. The van der Waals surface area contributed by atoms with Gasteiger partial charge in [0.2, 0.25) is 0 Å². The standard InChI is InChI=1S/C26H36N4O3/c1-5-21(31)13-7-6-8-14-22(27-25(32)33-26(2,3)4)24-28-23(29-30-24)20-16-15-18-11-9-10-12-19(18)17-20/h9-12,15-17,21-22,31H,5-8,13-14H2,1-4H3,(H,27,32)(H,28,29,30)/t21?,22-/m0/s1. The molecule has 7 heteroatoms. The number of unbranched alkanes of at least 4 members (excludes halogenated alkanes) is 2. The number of rotatable bonds is 10. The summed E-state index contributed by atoms with van der Waals surface area (Å²) in [5.41, 5.74) is 0.337. The summed E-state index contributed by atoms with van der Waals surface area (Å²) in [5, 5.41) is 22.4. The molecule has 0 aliphatic rings. The van der Waals surface area contributed by atoms with E-state index < -0.39 is 11.7 Å². The van der Waals surface area contributed by atoms with Crippen molar-refractivity contribution in [3.05, 3.63) is 48.3 Å². The number of aromatic nitrogens is 3. The first-order chi connectivity index (χ1) is 15.7. The predicted octanol–water partition coefficient (Wildman–Crippen LogP) is 5.91. The van der Waals surface area contributed by atoms with Gasteiger partial charge in [-0.1, -0.05) is 62.6 Å². The van der Waals surface area contributed by atoms with E-state index in [2.05, 4.69) is 39.8 Å². The van der Waals surface area contributed by atoms with Gasteiger partial charge in [0.25, 0.3) is 0 Å². The zero-order valence-corrected chi connectivity index (χ0v) is 20.1. The second kappa shape index (κ2) is 11.3. The number of carbonyl (C=O) groups excluding carboxylic acids is 1. The molecule has 1 amide bonds. The second-order valence-electron chi connectivity index (χ2n) is 9.51. The maximum Gasteiger partial charge on any atom is 0.408 e. The van der Waals surface area contributed by atoms with Crippen molar-refractivity contribution in [1.29, 1.82) is 0 Å². The van der Waals surface area contributed by atoms with Gasteiger partial charge in [0.05, 0.1) is 12.1 Å². The van der Waals surface area contributed by atoms with E-state index in [1.165, 1.54) is 0 Å². The van der Waals surface area contributed by atoms with Gasteiger partial charge in [-0.2, -0.15) is 5.10 Å². The van der Waals surface area contributed by atoms with Crippen LogP contribution in [0.15, 0.2) is 42.5 Å². The lowest BCUT2D eigenvalue weighted by Crippen LogP contribution is -2.35. The molecule has 0 radical (unpaired) electrons. The van der Waals surface area contributed by atoms with Crippen LogP contribution in [0.3, 0.4) is 0 Å². The lowest BCUT2D eigenvalue weighted by molar-refractivity contribution is 0.0498. The molecule has 3 aromatic rings. The van der Waals surface area contributed by atoms with Crippen molar-refractivity contribution in [2.24, 2.45) is 0 Å². The number of alkyl carbamates (subject to hydrolysis) is 1. The summed E-state index contributed by atoms with van der Waals surface area (Å²) >= 11 is 0. The van der Waals surface area contributed by atoms with Crippen molar-refractivity contribution in [3.63, 3.8) is 0 Å². The zero-order chi connectivity index (χ0) is 23.8. The van der Waals surface area contributed by atoms with Crippen molar-refractivity contribution < 1.29 is 14.6 Å². The molecule has 7 nitrogen and oxygen atoms in total. The highest BCUT2D eigenvalue weighted by Crippen LogP contribution is 2.24. The minimum atomic E-state index is -0.581. The smallest absolute Gasteiger partial charge is 0.408 e. The molecule has 3 N–H and O–H groups in total. The number of hydrogen-bond donors (Lipinski definition) is 3. The van der Waals surface area contributed by atoms with E-state index in [1.54, 1.807) is 0 Å². The van der Waals surface area contributed by atoms with Gasteiger partial charge in [-0.15, -0.1) is 0 Å². The molecule has 0 saturated heterocycles. The van der Waals surface area contributed by atoms with Crippen molar-refractivity contribution in [2.75, 3.05) is 0 Å². The minimum absolute atomic E-state index is 0.237. The molecule has 0 aliphatic heterocycles. The molecule has 0 aliphatic carbocycles. The summed E-state index contributed by atoms with van der Waals surface area (Å²) in [5.74, 6) is 1.20. The fourth-order valence-corrected chi connectivity index (χ4v) is 3.72. The van der Waals surface area contributed by atoms with E-state index in [4.69, 9.17) is 9.72 Å². The number of nitrogens with one attached hydrogen (secondary N) is 2. The Morgan fingerprint density at radius 1 is 1.09 bits per heavy atom. The van der Waals surface area contributed by atoms with Crippen LogP contribution < -0.4 is 5.32 Å². The maximum atomic E-state index is 12.5. The predicted molar refractivity (Wildman–Crippen MR) is 131 cm³/mol.